The molecule has 4 heteroatoms. The van der Waals surface area contributed by atoms with Crippen molar-refractivity contribution in [1.82, 2.24) is 0 Å². The predicted molar refractivity (Wildman–Crippen MR) is 19.3 cm³/mol. The number of nitro groups is 1. The maximum atomic E-state index is 9.17. The van der Waals surface area contributed by atoms with E-state index in [1.807, 2.05) is 0 Å². The van der Waals surface area contributed by atoms with Gasteiger partial charge in [0.15, 0.2) is 0 Å². The van der Waals surface area contributed by atoms with Gasteiger partial charge in [-0.1, -0.05) is 0 Å². The van der Waals surface area contributed by atoms with Crippen LogP contribution in [0.3, 0.4) is 0 Å². The summed E-state index contributed by atoms with van der Waals surface area (Å²) < 4.78 is 0. The standard InChI is InChI=1S/C2H2N2O2/c3-1-2-4(5)6/h2-3H. The molecule has 0 heterocycles. The van der Waals surface area contributed by atoms with Gasteiger partial charge in [0, 0.05) is 0 Å². The van der Waals surface area contributed by atoms with Gasteiger partial charge in [0.05, 0.1) is 10.8 Å². The molecule has 1 N–H and O–H groups in total. The largest absolute Gasteiger partial charge is 0.294 e. The number of rotatable bonds is 1. The minimum Gasteiger partial charge on any atom is -0.258 e. The van der Waals surface area contributed by atoms with E-state index in [0.717, 1.165) is 0 Å². The molecule has 6 heavy (non-hydrogen) atoms. The Hall–Kier alpha value is -1.15. The number of nitrogens with one attached hydrogen (secondary N) is 1. The Labute approximate surface area is 33.8 Å². The molecule has 0 saturated carbocycles. The Morgan fingerprint density at radius 1 is 2.00 bits per heavy atom. The lowest BCUT2D eigenvalue weighted by Crippen LogP contribution is -1.80. The van der Waals surface area contributed by atoms with Gasteiger partial charge in [0.25, 0.3) is 6.20 Å². The maximum Gasteiger partial charge on any atom is 0.294 e. The van der Waals surface area contributed by atoms with Crippen LogP contribution in [0.15, 0.2) is 6.20 Å². The molecular formula is C2H2N2O2. The van der Waals surface area contributed by atoms with E-state index in [1.165, 1.54) is 5.87 Å². The molecule has 0 atom stereocenters. The fourth-order valence-corrected chi connectivity index (χ4v) is 0.0527. The molecule has 0 aliphatic carbocycles. The lowest BCUT2D eigenvalue weighted by atomic mass is 11.0. The van der Waals surface area contributed by atoms with Crippen molar-refractivity contribution in [2.24, 2.45) is 0 Å². The Morgan fingerprint density at radius 3 is 2.50 bits per heavy atom. The van der Waals surface area contributed by atoms with Gasteiger partial charge in [-0.25, -0.2) is 0 Å². The zero-order valence-corrected chi connectivity index (χ0v) is 2.84. The molecule has 0 amide bonds. The highest BCUT2D eigenvalue weighted by Gasteiger charge is 1.74. The van der Waals surface area contributed by atoms with Crippen molar-refractivity contribution >= 4 is 5.87 Å². The van der Waals surface area contributed by atoms with Crippen LogP contribution >= 0.6 is 0 Å². The lowest BCUT2D eigenvalue weighted by Gasteiger charge is -1.65. The van der Waals surface area contributed by atoms with Gasteiger partial charge in [-0.05, 0) is 0 Å². The van der Waals surface area contributed by atoms with Crippen molar-refractivity contribution in [1.29, 1.82) is 5.41 Å². The monoisotopic (exact) mass is 86.0 g/mol. The average Bonchev–Trinajstić information content (AvgIpc) is 1.35. The summed E-state index contributed by atoms with van der Waals surface area (Å²) in [6.45, 7) is 0. The van der Waals surface area contributed by atoms with Gasteiger partial charge in [-0.2, -0.15) is 0 Å². The zero-order valence-electron chi connectivity index (χ0n) is 2.84. The molecule has 0 unspecified atom stereocenters. The summed E-state index contributed by atoms with van der Waals surface area (Å²) in [5, 5.41) is 15.2. The van der Waals surface area contributed by atoms with Crippen LogP contribution in [0, 0.1) is 15.5 Å². The molecule has 4 nitrogen and oxygen atoms in total. The van der Waals surface area contributed by atoms with Crippen LogP contribution in [-0.2, 0) is 0 Å². The zero-order chi connectivity index (χ0) is 4.99. The van der Waals surface area contributed by atoms with E-state index in [-0.39, 0.29) is 0 Å². The third-order valence-electron chi connectivity index (χ3n) is 0.170. The topological polar surface area (TPSA) is 67.0 Å². The molecule has 0 aromatic carbocycles. The molecule has 0 aliphatic rings. The molecule has 0 aliphatic heterocycles. The minimum atomic E-state index is -0.743. The fourth-order valence-electron chi connectivity index (χ4n) is 0.0527. The summed E-state index contributed by atoms with van der Waals surface area (Å²) >= 11 is 0. The van der Waals surface area contributed by atoms with Gasteiger partial charge in [0.1, 0.15) is 0 Å². The smallest absolute Gasteiger partial charge is 0.258 e. The van der Waals surface area contributed by atoms with Crippen LogP contribution in [0.5, 0.6) is 0 Å². The summed E-state index contributed by atoms with van der Waals surface area (Å²) in [5.41, 5.74) is 0. The predicted octanol–water partition coefficient (Wildman–Crippen LogP) is 0.0253. The maximum absolute atomic E-state index is 9.17. The summed E-state index contributed by atoms with van der Waals surface area (Å²) in [4.78, 5) is 8.42. The quantitative estimate of drug-likeness (QED) is 0.278. The lowest BCUT2D eigenvalue weighted by molar-refractivity contribution is -0.400. The number of hydrogen-bond donors (Lipinski definition) is 1. The molecule has 0 spiro atoms. The van der Waals surface area contributed by atoms with Crippen molar-refractivity contribution in [2.45, 2.75) is 0 Å². The molecule has 0 aromatic rings. The van der Waals surface area contributed by atoms with Crippen LogP contribution in [0.2, 0.25) is 0 Å². The van der Waals surface area contributed by atoms with Crippen molar-refractivity contribution in [3.63, 3.8) is 0 Å². The van der Waals surface area contributed by atoms with Crippen molar-refractivity contribution in [2.75, 3.05) is 0 Å². The fraction of sp³-hybridized carbons (Fsp3) is 0. The Balaban J connectivity index is 3.60. The third kappa shape index (κ3) is 2.85. The van der Waals surface area contributed by atoms with Gasteiger partial charge < -0.3 is 0 Å². The normalized spacial score (nSPS) is 6.00. The second-order valence-electron chi connectivity index (χ2n) is 0.559. The van der Waals surface area contributed by atoms with E-state index in [0.29, 0.717) is 6.20 Å². The molecule has 0 rings (SSSR count). The Kier molecular flexibility index (Phi) is 1.71. The molecule has 0 aromatic heterocycles. The first-order chi connectivity index (χ1) is 2.77. The van der Waals surface area contributed by atoms with Crippen molar-refractivity contribution < 1.29 is 4.92 Å². The summed E-state index contributed by atoms with van der Waals surface area (Å²) in [6.07, 6.45) is 0.431. The van der Waals surface area contributed by atoms with Gasteiger partial charge in [-0.3, -0.25) is 15.5 Å². The first-order valence-electron chi connectivity index (χ1n) is 1.16. The summed E-state index contributed by atoms with van der Waals surface area (Å²) in [7, 11) is 0. The second-order valence-corrected chi connectivity index (χ2v) is 0.559. The number of hydrogen-bond acceptors (Lipinski definition) is 3. The highest BCUT2D eigenvalue weighted by atomic mass is 16.6. The second kappa shape index (κ2) is 2.11. The van der Waals surface area contributed by atoms with E-state index in [2.05, 4.69) is 0 Å². The van der Waals surface area contributed by atoms with Crippen LogP contribution in [-0.4, -0.2) is 10.8 Å². The third-order valence-corrected chi connectivity index (χ3v) is 0.170. The first-order valence-corrected chi connectivity index (χ1v) is 1.16. The van der Waals surface area contributed by atoms with E-state index < -0.39 is 4.92 Å². The Bertz CT molecular complexity index is 102. The first kappa shape index (κ1) is 4.85. The van der Waals surface area contributed by atoms with Crippen LogP contribution in [0.25, 0.3) is 0 Å². The molecule has 0 saturated heterocycles. The van der Waals surface area contributed by atoms with E-state index in [1.54, 1.807) is 0 Å². The van der Waals surface area contributed by atoms with Crippen molar-refractivity contribution in [3.8, 4) is 0 Å². The summed E-state index contributed by atoms with van der Waals surface area (Å²) in [6, 6.07) is 0. The van der Waals surface area contributed by atoms with Crippen LogP contribution in [0.1, 0.15) is 0 Å². The highest BCUT2D eigenvalue weighted by Crippen LogP contribution is 1.57. The molecule has 0 fully saturated rings. The highest BCUT2D eigenvalue weighted by molar-refractivity contribution is 5.44. The van der Waals surface area contributed by atoms with Gasteiger partial charge >= 0.3 is 0 Å². The molecule has 0 bridgehead atoms. The van der Waals surface area contributed by atoms with Crippen molar-refractivity contribution in [3.05, 3.63) is 16.3 Å². The number of nitrogens with zero attached hydrogens (tertiary/aromatic N) is 1. The minimum absolute atomic E-state index is 0.431. The van der Waals surface area contributed by atoms with Gasteiger partial charge in [0.2, 0.25) is 0 Å². The van der Waals surface area contributed by atoms with Crippen LogP contribution in [0.4, 0.5) is 0 Å². The molecular weight excluding hydrogens is 84.0 g/mol. The van der Waals surface area contributed by atoms with E-state index in [4.69, 9.17) is 15.5 Å². The van der Waals surface area contributed by atoms with Crippen LogP contribution < -0.4 is 0 Å². The summed E-state index contributed by atoms with van der Waals surface area (Å²) in [5.74, 6) is 1.49. The average molecular weight is 86.0 g/mol. The SMILES string of the molecule is N=C=C[N+](=O)[O-]. The van der Waals surface area contributed by atoms with E-state index >= 15 is 0 Å². The molecule has 32 valence electrons. The van der Waals surface area contributed by atoms with E-state index in [9.17, 15) is 0 Å². The Morgan fingerprint density at radius 2 is 2.50 bits per heavy atom. The van der Waals surface area contributed by atoms with Gasteiger partial charge in [-0.15, -0.1) is 0 Å². The molecule has 0 radical (unpaired) electrons.